The van der Waals surface area contributed by atoms with E-state index in [4.69, 9.17) is 21.4 Å². The molecule has 1 aromatic rings. The van der Waals surface area contributed by atoms with Crippen LogP contribution in [0.3, 0.4) is 0 Å². The number of piperidine rings is 1. The summed E-state index contributed by atoms with van der Waals surface area (Å²) in [5.41, 5.74) is 0.226. The zero-order chi connectivity index (χ0) is 21.0. The van der Waals surface area contributed by atoms with E-state index in [1.165, 1.54) is 6.26 Å². The first-order valence-electron chi connectivity index (χ1n) is 10.8. The molecule has 1 atom stereocenters. The van der Waals surface area contributed by atoms with Crippen LogP contribution in [0.4, 0.5) is 0 Å². The Balaban J connectivity index is 1.18. The minimum absolute atomic E-state index is 0.00407. The minimum Gasteiger partial charge on any atom is -0.459 e. The Labute approximate surface area is 182 Å². The van der Waals surface area contributed by atoms with Gasteiger partial charge in [-0.1, -0.05) is 0 Å². The van der Waals surface area contributed by atoms with Crippen molar-refractivity contribution in [1.29, 1.82) is 0 Å². The fourth-order valence-corrected chi connectivity index (χ4v) is 4.87. The highest BCUT2D eigenvalue weighted by atomic mass is 32.1. The summed E-state index contributed by atoms with van der Waals surface area (Å²) in [6.07, 6.45) is 6.99. The summed E-state index contributed by atoms with van der Waals surface area (Å²) in [5, 5.41) is 6.83. The monoisotopic (exact) mass is 434 g/mol. The second-order valence-corrected chi connectivity index (χ2v) is 8.92. The van der Waals surface area contributed by atoms with Crippen LogP contribution >= 0.6 is 12.2 Å². The molecule has 1 aromatic heterocycles. The van der Waals surface area contributed by atoms with Crippen LogP contribution in [0.15, 0.2) is 22.8 Å². The molecular weight excluding hydrogens is 404 g/mol. The lowest BCUT2D eigenvalue weighted by Gasteiger charge is -2.39. The van der Waals surface area contributed by atoms with E-state index in [9.17, 15) is 9.59 Å². The standard InChI is InChI=1S/C21H30N4O4S/c26-18(14-22-19(27)17-4-2-12-29-17)24-8-5-21(6-9-24)7-10-25(15-21)20(30)23-13-16-3-1-11-28-16/h2,4,12,16H,1,3,5-11,13-15H2,(H,22,27)(H,23,30)/t16-/m0/s1. The number of hydrogen-bond donors (Lipinski definition) is 2. The van der Waals surface area contributed by atoms with E-state index < -0.39 is 0 Å². The predicted molar refractivity (Wildman–Crippen MR) is 115 cm³/mol. The molecule has 0 saturated carbocycles. The van der Waals surface area contributed by atoms with Crippen LogP contribution in [0, 0.1) is 5.41 Å². The summed E-state index contributed by atoms with van der Waals surface area (Å²) in [6.45, 7) is 4.99. The number of carbonyl (C=O) groups excluding carboxylic acids is 2. The van der Waals surface area contributed by atoms with Gasteiger partial charge in [-0.2, -0.15) is 0 Å². The number of rotatable bonds is 5. The second-order valence-electron chi connectivity index (χ2n) is 8.53. The maximum absolute atomic E-state index is 12.5. The second kappa shape index (κ2) is 9.34. The Morgan fingerprint density at radius 1 is 1.17 bits per heavy atom. The van der Waals surface area contributed by atoms with Crippen LogP contribution in [0.1, 0.15) is 42.7 Å². The van der Waals surface area contributed by atoms with E-state index in [1.807, 2.05) is 4.90 Å². The third-order valence-electron chi connectivity index (χ3n) is 6.55. The molecule has 3 aliphatic heterocycles. The van der Waals surface area contributed by atoms with Gasteiger partial charge in [0.25, 0.3) is 5.91 Å². The van der Waals surface area contributed by atoms with Gasteiger partial charge in [0, 0.05) is 39.3 Å². The minimum atomic E-state index is -0.364. The van der Waals surface area contributed by atoms with Gasteiger partial charge in [-0.3, -0.25) is 9.59 Å². The van der Waals surface area contributed by atoms with Gasteiger partial charge in [0.05, 0.1) is 18.9 Å². The molecule has 0 radical (unpaired) electrons. The first kappa shape index (κ1) is 21.1. The fraction of sp³-hybridized carbons (Fsp3) is 0.667. The van der Waals surface area contributed by atoms with E-state index in [0.717, 1.165) is 76.5 Å². The molecule has 4 rings (SSSR count). The number of furan rings is 1. The van der Waals surface area contributed by atoms with Crippen LogP contribution in [-0.4, -0.2) is 78.7 Å². The van der Waals surface area contributed by atoms with Gasteiger partial charge in [-0.15, -0.1) is 0 Å². The summed E-state index contributed by atoms with van der Waals surface area (Å²) >= 11 is 5.61. The molecule has 0 bridgehead atoms. The smallest absolute Gasteiger partial charge is 0.287 e. The number of hydrogen-bond acceptors (Lipinski definition) is 5. The largest absolute Gasteiger partial charge is 0.459 e. The lowest BCUT2D eigenvalue weighted by Crippen LogP contribution is -2.48. The summed E-state index contributed by atoms with van der Waals surface area (Å²) < 4.78 is 10.7. The molecule has 30 heavy (non-hydrogen) atoms. The van der Waals surface area contributed by atoms with Crippen molar-refractivity contribution in [3.05, 3.63) is 24.2 Å². The number of likely N-dealkylation sites (tertiary alicyclic amines) is 2. The van der Waals surface area contributed by atoms with Crippen molar-refractivity contribution in [2.45, 2.75) is 38.2 Å². The molecule has 1 spiro atoms. The summed E-state index contributed by atoms with van der Waals surface area (Å²) in [7, 11) is 0. The van der Waals surface area contributed by atoms with Crippen molar-refractivity contribution in [2.24, 2.45) is 5.41 Å². The SMILES string of the molecule is O=C(NCC(=O)N1CCC2(CC1)CCN(C(=S)NC[C@@H]1CCCO1)C2)c1ccco1. The number of nitrogens with one attached hydrogen (secondary N) is 2. The Morgan fingerprint density at radius 3 is 2.60 bits per heavy atom. The van der Waals surface area contributed by atoms with Crippen LogP contribution in [0.5, 0.6) is 0 Å². The zero-order valence-electron chi connectivity index (χ0n) is 17.2. The van der Waals surface area contributed by atoms with Crippen LogP contribution in [-0.2, 0) is 9.53 Å². The van der Waals surface area contributed by atoms with Gasteiger partial charge >= 0.3 is 0 Å². The lowest BCUT2D eigenvalue weighted by molar-refractivity contribution is -0.132. The maximum Gasteiger partial charge on any atom is 0.287 e. The van der Waals surface area contributed by atoms with Gasteiger partial charge in [0.2, 0.25) is 5.91 Å². The number of ether oxygens (including phenoxy) is 1. The lowest BCUT2D eigenvalue weighted by atomic mass is 9.78. The zero-order valence-corrected chi connectivity index (χ0v) is 18.0. The highest BCUT2D eigenvalue weighted by Crippen LogP contribution is 2.40. The molecule has 8 nitrogen and oxygen atoms in total. The normalized spacial score (nSPS) is 23.0. The predicted octanol–water partition coefficient (Wildman–Crippen LogP) is 1.38. The average molecular weight is 435 g/mol. The third kappa shape index (κ3) is 4.95. The van der Waals surface area contributed by atoms with Crippen molar-refractivity contribution in [2.75, 3.05) is 45.9 Å². The molecule has 2 N–H and O–H groups in total. The summed E-state index contributed by atoms with van der Waals surface area (Å²) in [4.78, 5) is 28.5. The Hall–Kier alpha value is -2.13. The topological polar surface area (TPSA) is 87.1 Å². The molecule has 3 saturated heterocycles. The van der Waals surface area contributed by atoms with E-state index >= 15 is 0 Å². The van der Waals surface area contributed by atoms with Gasteiger partial charge in [0.15, 0.2) is 10.9 Å². The van der Waals surface area contributed by atoms with Gasteiger partial charge in [-0.25, -0.2) is 0 Å². The van der Waals surface area contributed by atoms with Crippen molar-refractivity contribution < 1.29 is 18.7 Å². The average Bonchev–Trinajstić information content (AvgIpc) is 3.53. The Morgan fingerprint density at radius 2 is 1.93 bits per heavy atom. The van der Waals surface area contributed by atoms with Gasteiger partial charge in [-0.05, 0) is 61.9 Å². The number of thiocarbonyl (C=S) groups is 1. The molecule has 0 aromatic carbocycles. The summed E-state index contributed by atoms with van der Waals surface area (Å²) in [6, 6.07) is 3.23. The molecule has 0 aliphatic carbocycles. The molecule has 2 amide bonds. The van der Waals surface area contributed by atoms with E-state index in [1.54, 1.807) is 12.1 Å². The number of nitrogens with zero attached hydrogens (tertiary/aromatic N) is 2. The van der Waals surface area contributed by atoms with Crippen molar-refractivity contribution in [1.82, 2.24) is 20.4 Å². The highest BCUT2D eigenvalue weighted by Gasteiger charge is 2.42. The quantitative estimate of drug-likeness (QED) is 0.677. The third-order valence-corrected chi connectivity index (χ3v) is 6.95. The number of amides is 2. The van der Waals surface area contributed by atoms with Crippen LogP contribution in [0.25, 0.3) is 0 Å². The van der Waals surface area contributed by atoms with Gasteiger partial charge < -0.3 is 29.6 Å². The Kier molecular flexibility index (Phi) is 6.58. The molecule has 9 heteroatoms. The summed E-state index contributed by atoms with van der Waals surface area (Å²) in [5.74, 6) is -0.193. The van der Waals surface area contributed by atoms with E-state index in [0.29, 0.717) is 0 Å². The number of carbonyl (C=O) groups is 2. The molecule has 3 aliphatic rings. The molecule has 3 fully saturated rings. The fourth-order valence-electron chi connectivity index (χ4n) is 4.63. The molecule has 0 unspecified atom stereocenters. The molecular formula is C21H30N4O4S. The van der Waals surface area contributed by atoms with Crippen molar-refractivity contribution in [3.63, 3.8) is 0 Å². The molecule has 4 heterocycles. The van der Waals surface area contributed by atoms with Crippen molar-refractivity contribution >= 4 is 29.1 Å². The van der Waals surface area contributed by atoms with E-state index in [-0.39, 0.29) is 35.6 Å². The Bertz CT molecular complexity index is 755. The highest BCUT2D eigenvalue weighted by molar-refractivity contribution is 7.80. The van der Waals surface area contributed by atoms with Crippen LogP contribution < -0.4 is 10.6 Å². The van der Waals surface area contributed by atoms with Gasteiger partial charge in [0.1, 0.15) is 0 Å². The van der Waals surface area contributed by atoms with Crippen LogP contribution in [0.2, 0.25) is 0 Å². The van der Waals surface area contributed by atoms with Crippen molar-refractivity contribution in [3.8, 4) is 0 Å². The van der Waals surface area contributed by atoms with E-state index in [2.05, 4.69) is 15.5 Å². The maximum atomic E-state index is 12.5. The first-order chi connectivity index (χ1) is 14.5. The first-order valence-corrected chi connectivity index (χ1v) is 11.2. The molecule has 164 valence electrons.